The molecule has 10 heavy (non-hydrogen) atoms. The Labute approximate surface area is 59.5 Å². The molecule has 4 nitrogen and oxygen atoms in total. The molecule has 0 saturated carbocycles. The largest absolute Gasteiger partial charge is 0.382 e. The van der Waals surface area contributed by atoms with Crippen molar-refractivity contribution in [1.82, 2.24) is 9.97 Å². The van der Waals surface area contributed by atoms with Crippen molar-refractivity contribution in [3.8, 4) is 0 Å². The maximum absolute atomic E-state index is 5.49. The summed E-state index contributed by atoms with van der Waals surface area (Å²) in [5.74, 6) is 0.497. The number of aromatic nitrogens is 2. The number of hydrogen-bond donors (Lipinski definition) is 2. The first-order valence-electron chi connectivity index (χ1n) is 3.14. The van der Waals surface area contributed by atoms with E-state index in [4.69, 9.17) is 5.73 Å². The van der Waals surface area contributed by atoms with Crippen molar-refractivity contribution < 1.29 is 0 Å². The number of nitrogen functional groups attached to an aromatic ring is 1. The van der Waals surface area contributed by atoms with E-state index < -0.39 is 0 Å². The van der Waals surface area contributed by atoms with Gasteiger partial charge in [0.1, 0.15) is 12.1 Å². The molecule has 3 N–H and O–H groups in total. The van der Waals surface area contributed by atoms with Crippen LogP contribution in [0.25, 0.3) is 0 Å². The lowest BCUT2D eigenvalue weighted by atomic mass is 10.5. The molecular weight excluding hydrogens is 128 g/mol. The van der Waals surface area contributed by atoms with Crippen LogP contribution < -0.4 is 11.1 Å². The van der Waals surface area contributed by atoms with Gasteiger partial charge in [0.05, 0.1) is 11.9 Å². The summed E-state index contributed by atoms with van der Waals surface area (Å²) >= 11 is 0. The summed E-state index contributed by atoms with van der Waals surface area (Å²) in [5, 5.41) is 3.03. The van der Waals surface area contributed by atoms with Gasteiger partial charge in [-0.05, 0) is 6.92 Å². The van der Waals surface area contributed by atoms with Gasteiger partial charge in [-0.15, -0.1) is 0 Å². The molecule has 0 amide bonds. The SMILES string of the molecule is CCNc1cncnc1N. The first kappa shape index (κ1) is 6.80. The van der Waals surface area contributed by atoms with Gasteiger partial charge in [-0.3, -0.25) is 0 Å². The van der Waals surface area contributed by atoms with Gasteiger partial charge in [0.2, 0.25) is 0 Å². The van der Waals surface area contributed by atoms with E-state index >= 15 is 0 Å². The zero-order valence-electron chi connectivity index (χ0n) is 5.83. The van der Waals surface area contributed by atoms with Gasteiger partial charge in [-0.2, -0.15) is 0 Å². The highest BCUT2D eigenvalue weighted by Crippen LogP contribution is 2.10. The van der Waals surface area contributed by atoms with E-state index in [-0.39, 0.29) is 0 Å². The summed E-state index contributed by atoms with van der Waals surface area (Å²) in [5.41, 5.74) is 6.29. The molecule has 0 fully saturated rings. The molecule has 1 heterocycles. The van der Waals surface area contributed by atoms with Crippen molar-refractivity contribution >= 4 is 11.5 Å². The Morgan fingerprint density at radius 2 is 2.50 bits per heavy atom. The van der Waals surface area contributed by atoms with Crippen LogP contribution in [0.2, 0.25) is 0 Å². The van der Waals surface area contributed by atoms with Gasteiger partial charge in [0.25, 0.3) is 0 Å². The molecule has 0 bridgehead atoms. The van der Waals surface area contributed by atoms with Crippen molar-refractivity contribution in [2.24, 2.45) is 0 Å². The van der Waals surface area contributed by atoms with E-state index in [9.17, 15) is 0 Å². The number of nitrogens with one attached hydrogen (secondary N) is 1. The molecule has 1 aromatic heterocycles. The van der Waals surface area contributed by atoms with Gasteiger partial charge in [0, 0.05) is 6.54 Å². The molecule has 0 atom stereocenters. The molecule has 4 heteroatoms. The maximum atomic E-state index is 5.49. The van der Waals surface area contributed by atoms with Gasteiger partial charge in [-0.1, -0.05) is 0 Å². The van der Waals surface area contributed by atoms with Crippen LogP contribution in [-0.2, 0) is 0 Å². The van der Waals surface area contributed by atoms with Crippen molar-refractivity contribution in [2.45, 2.75) is 6.92 Å². The molecule has 0 aromatic carbocycles. The zero-order chi connectivity index (χ0) is 7.40. The fourth-order valence-corrected chi connectivity index (χ4v) is 0.666. The predicted molar refractivity (Wildman–Crippen MR) is 40.6 cm³/mol. The zero-order valence-corrected chi connectivity index (χ0v) is 5.83. The van der Waals surface area contributed by atoms with E-state index in [1.54, 1.807) is 6.20 Å². The van der Waals surface area contributed by atoms with E-state index in [2.05, 4.69) is 15.3 Å². The fourth-order valence-electron chi connectivity index (χ4n) is 0.666. The highest BCUT2D eigenvalue weighted by molar-refractivity contribution is 5.59. The molecule has 0 saturated heterocycles. The van der Waals surface area contributed by atoms with Crippen LogP contribution in [0.15, 0.2) is 12.5 Å². The molecule has 0 aliphatic heterocycles. The highest BCUT2D eigenvalue weighted by Gasteiger charge is 1.94. The van der Waals surface area contributed by atoms with Crippen molar-refractivity contribution in [2.75, 3.05) is 17.6 Å². The monoisotopic (exact) mass is 138 g/mol. The minimum absolute atomic E-state index is 0.497. The maximum Gasteiger partial charge on any atom is 0.150 e. The first-order chi connectivity index (χ1) is 4.84. The molecule has 0 aliphatic carbocycles. The van der Waals surface area contributed by atoms with Crippen LogP contribution >= 0.6 is 0 Å². The molecule has 1 rings (SSSR count). The van der Waals surface area contributed by atoms with E-state index in [1.165, 1.54) is 6.33 Å². The summed E-state index contributed by atoms with van der Waals surface area (Å²) in [4.78, 5) is 7.61. The quantitative estimate of drug-likeness (QED) is 0.624. The molecule has 0 radical (unpaired) electrons. The third-order valence-electron chi connectivity index (χ3n) is 1.11. The average Bonchev–Trinajstić information content (AvgIpc) is 1.94. The van der Waals surface area contributed by atoms with Crippen LogP contribution in [0, 0.1) is 0 Å². The first-order valence-corrected chi connectivity index (χ1v) is 3.14. The standard InChI is InChI=1S/C6H10N4/c1-2-9-5-3-8-4-10-6(5)7/h3-4,9H,2H2,1H3,(H2,7,8,10). The lowest BCUT2D eigenvalue weighted by Crippen LogP contribution is -2.02. The Kier molecular flexibility index (Phi) is 2.04. The number of nitrogens with zero attached hydrogens (tertiary/aromatic N) is 2. The minimum Gasteiger partial charge on any atom is -0.382 e. The summed E-state index contributed by atoms with van der Waals surface area (Å²) < 4.78 is 0. The third kappa shape index (κ3) is 1.34. The van der Waals surface area contributed by atoms with Crippen molar-refractivity contribution in [3.63, 3.8) is 0 Å². The Balaban J connectivity index is 2.81. The van der Waals surface area contributed by atoms with Crippen molar-refractivity contribution in [1.29, 1.82) is 0 Å². The Hall–Kier alpha value is -1.32. The molecule has 0 unspecified atom stereocenters. The van der Waals surface area contributed by atoms with Gasteiger partial charge in [0.15, 0.2) is 0 Å². The Morgan fingerprint density at radius 3 is 3.10 bits per heavy atom. The number of anilines is 2. The van der Waals surface area contributed by atoms with Crippen LogP contribution in [0.4, 0.5) is 11.5 Å². The lowest BCUT2D eigenvalue weighted by Gasteiger charge is -2.02. The predicted octanol–water partition coefficient (Wildman–Crippen LogP) is 0.491. The molecule has 0 spiro atoms. The van der Waals surface area contributed by atoms with Gasteiger partial charge < -0.3 is 11.1 Å². The summed E-state index contributed by atoms with van der Waals surface area (Å²) in [7, 11) is 0. The lowest BCUT2D eigenvalue weighted by molar-refractivity contribution is 1.14. The average molecular weight is 138 g/mol. The summed E-state index contributed by atoms with van der Waals surface area (Å²) in [6.07, 6.45) is 3.09. The molecule has 0 aliphatic rings. The second-order valence-electron chi connectivity index (χ2n) is 1.85. The molecular formula is C6H10N4. The normalized spacial score (nSPS) is 9.30. The number of hydrogen-bond acceptors (Lipinski definition) is 4. The topological polar surface area (TPSA) is 63.8 Å². The third-order valence-corrected chi connectivity index (χ3v) is 1.11. The van der Waals surface area contributed by atoms with Gasteiger partial charge in [-0.25, -0.2) is 9.97 Å². The van der Waals surface area contributed by atoms with E-state index in [0.29, 0.717) is 5.82 Å². The van der Waals surface area contributed by atoms with E-state index in [1.807, 2.05) is 6.92 Å². The highest BCUT2D eigenvalue weighted by atomic mass is 15.0. The number of rotatable bonds is 2. The van der Waals surface area contributed by atoms with Crippen LogP contribution in [0.1, 0.15) is 6.92 Å². The van der Waals surface area contributed by atoms with Crippen LogP contribution in [-0.4, -0.2) is 16.5 Å². The Bertz CT molecular complexity index is 211. The molecule has 54 valence electrons. The number of nitrogens with two attached hydrogens (primary N) is 1. The smallest absolute Gasteiger partial charge is 0.150 e. The summed E-state index contributed by atoms with van der Waals surface area (Å²) in [6, 6.07) is 0. The van der Waals surface area contributed by atoms with E-state index in [0.717, 1.165) is 12.2 Å². The van der Waals surface area contributed by atoms with Crippen LogP contribution in [0.5, 0.6) is 0 Å². The van der Waals surface area contributed by atoms with Crippen molar-refractivity contribution in [3.05, 3.63) is 12.5 Å². The fraction of sp³-hybridized carbons (Fsp3) is 0.333. The van der Waals surface area contributed by atoms with Gasteiger partial charge >= 0.3 is 0 Å². The second kappa shape index (κ2) is 3.00. The van der Waals surface area contributed by atoms with Crippen LogP contribution in [0.3, 0.4) is 0 Å². The minimum atomic E-state index is 0.497. The second-order valence-corrected chi connectivity index (χ2v) is 1.85. The molecule has 1 aromatic rings. The summed E-state index contributed by atoms with van der Waals surface area (Å²) in [6.45, 7) is 2.82. The Morgan fingerprint density at radius 1 is 1.70 bits per heavy atom.